The number of hydrogen-bond donors (Lipinski definition) is 1. The van der Waals surface area contributed by atoms with Crippen LogP contribution in [0.1, 0.15) is 17.9 Å². The fourth-order valence-corrected chi connectivity index (χ4v) is 2.45. The molecule has 0 aromatic heterocycles. The van der Waals surface area contributed by atoms with Gasteiger partial charge < -0.3 is 5.32 Å². The van der Waals surface area contributed by atoms with Crippen LogP contribution in [0.2, 0.25) is 0 Å². The van der Waals surface area contributed by atoms with Crippen LogP contribution in [0.15, 0.2) is 24.3 Å². The molecule has 13 heavy (non-hydrogen) atoms. The van der Waals surface area contributed by atoms with Crippen LogP contribution in [0.5, 0.6) is 0 Å². The van der Waals surface area contributed by atoms with Gasteiger partial charge >= 0.3 is 0 Å². The van der Waals surface area contributed by atoms with Gasteiger partial charge in [0.2, 0.25) is 0 Å². The zero-order valence-corrected chi connectivity index (χ0v) is 9.91. The molecule has 0 heterocycles. The molecular formula is C11H14IN. The molecule has 2 unspecified atom stereocenters. The van der Waals surface area contributed by atoms with E-state index in [-0.39, 0.29) is 0 Å². The maximum absolute atomic E-state index is 3.24. The molecule has 0 bridgehead atoms. The van der Waals surface area contributed by atoms with E-state index in [2.05, 4.69) is 52.2 Å². The normalized spacial score (nSPS) is 26.0. The third kappa shape index (κ3) is 2.23. The lowest BCUT2D eigenvalue weighted by Crippen LogP contribution is -2.10. The predicted octanol–water partition coefficient (Wildman–Crippen LogP) is 2.61. The second kappa shape index (κ2) is 3.96. The fraction of sp³-hybridized carbons (Fsp3) is 0.455. The largest absolute Gasteiger partial charge is 0.319 e. The van der Waals surface area contributed by atoms with Crippen molar-refractivity contribution in [3.63, 3.8) is 0 Å². The van der Waals surface area contributed by atoms with Crippen molar-refractivity contribution in [2.75, 3.05) is 13.6 Å². The van der Waals surface area contributed by atoms with Crippen molar-refractivity contribution in [1.29, 1.82) is 0 Å². The number of nitrogens with one attached hydrogen (secondary N) is 1. The van der Waals surface area contributed by atoms with E-state index in [4.69, 9.17) is 0 Å². The summed E-state index contributed by atoms with van der Waals surface area (Å²) in [5.74, 6) is 1.70. The Kier molecular flexibility index (Phi) is 2.89. The first-order chi connectivity index (χ1) is 6.31. The highest BCUT2D eigenvalue weighted by Crippen LogP contribution is 2.46. The van der Waals surface area contributed by atoms with Gasteiger partial charge in [0.1, 0.15) is 0 Å². The summed E-state index contributed by atoms with van der Waals surface area (Å²) in [6.45, 7) is 1.16. The number of benzene rings is 1. The molecule has 1 N–H and O–H groups in total. The Morgan fingerprint density at radius 3 is 3.08 bits per heavy atom. The Labute approximate surface area is 93.1 Å². The van der Waals surface area contributed by atoms with Gasteiger partial charge in [-0.3, -0.25) is 0 Å². The molecule has 0 radical (unpaired) electrons. The summed E-state index contributed by atoms with van der Waals surface area (Å²) in [5.41, 5.74) is 1.52. The summed E-state index contributed by atoms with van der Waals surface area (Å²) < 4.78 is 1.35. The van der Waals surface area contributed by atoms with Gasteiger partial charge in [0, 0.05) is 3.57 Å². The minimum Gasteiger partial charge on any atom is -0.319 e. The van der Waals surface area contributed by atoms with Gasteiger partial charge in [-0.15, -0.1) is 0 Å². The van der Waals surface area contributed by atoms with Crippen molar-refractivity contribution in [2.24, 2.45) is 5.92 Å². The van der Waals surface area contributed by atoms with Gasteiger partial charge in [0.25, 0.3) is 0 Å². The smallest absolute Gasteiger partial charge is 0.0133 e. The Balaban J connectivity index is 2.03. The van der Waals surface area contributed by atoms with Crippen LogP contribution in [0.4, 0.5) is 0 Å². The number of rotatable bonds is 3. The minimum atomic E-state index is 0.821. The molecule has 2 atom stereocenters. The molecule has 70 valence electrons. The van der Waals surface area contributed by atoms with Crippen LogP contribution in [0.25, 0.3) is 0 Å². The third-order valence-corrected chi connectivity index (χ3v) is 3.34. The maximum Gasteiger partial charge on any atom is 0.0133 e. The van der Waals surface area contributed by atoms with Crippen molar-refractivity contribution < 1.29 is 0 Å². The molecule has 0 spiro atoms. The van der Waals surface area contributed by atoms with Crippen LogP contribution < -0.4 is 5.32 Å². The lowest BCUT2D eigenvalue weighted by Gasteiger charge is -2.00. The van der Waals surface area contributed by atoms with E-state index >= 15 is 0 Å². The number of halogens is 1. The van der Waals surface area contributed by atoms with E-state index in [0.717, 1.165) is 18.4 Å². The van der Waals surface area contributed by atoms with Crippen molar-refractivity contribution in [2.45, 2.75) is 12.3 Å². The highest BCUT2D eigenvalue weighted by Gasteiger charge is 2.37. The van der Waals surface area contributed by atoms with E-state index in [0.29, 0.717) is 0 Å². The molecule has 1 saturated carbocycles. The highest BCUT2D eigenvalue weighted by molar-refractivity contribution is 14.1. The quantitative estimate of drug-likeness (QED) is 0.843. The molecule has 0 aliphatic heterocycles. The standard InChI is InChI=1S/C11H14IN/c1-13-7-9-6-11(9)8-3-2-4-10(12)5-8/h2-5,9,11,13H,6-7H2,1H3. The van der Waals surface area contributed by atoms with Crippen molar-refractivity contribution >= 4 is 22.6 Å². The van der Waals surface area contributed by atoms with E-state index in [9.17, 15) is 0 Å². The van der Waals surface area contributed by atoms with E-state index in [1.54, 1.807) is 0 Å². The molecule has 1 aromatic carbocycles. The van der Waals surface area contributed by atoms with Crippen LogP contribution >= 0.6 is 22.6 Å². The molecule has 0 amide bonds. The summed E-state index contributed by atoms with van der Waals surface area (Å²) in [6, 6.07) is 8.87. The molecule has 1 aliphatic carbocycles. The average Bonchev–Trinajstić information content (AvgIpc) is 2.85. The number of hydrogen-bond acceptors (Lipinski definition) is 1. The second-order valence-corrected chi connectivity index (χ2v) is 4.96. The van der Waals surface area contributed by atoms with E-state index in [1.165, 1.54) is 15.6 Å². The topological polar surface area (TPSA) is 12.0 Å². The zero-order valence-electron chi connectivity index (χ0n) is 7.76. The van der Waals surface area contributed by atoms with Crippen molar-refractivity contribution in [3.8, 4) is 0 Å². The average molecular weight is 287 g/mol. The molecule has 1 fully saturated rings. The SMILES string of the molecule is CNCC1CC1c1cccc(I)c1. The summed E-state index contributed by atoms with van der Waals surface area (Å²) >= 11 is 2.38. The van der Waals surface area contributed by atoms with Crippen LogP contribution in [-0.2, 0) is 0 Å². The maximum atomic E-state index is 3.24. The second-order valence-electron chi connectivity index (χ2n) is 3.71. The molecule has 1 aromatic rings. The summed E-state index contributed by atoms with van der Waals surface area (Å²) in [7, 11) is 2.03. The van der Waals surface area contributed by atoms with E-state index in [1.807, 2.05) is 7.05 Å². The van der Waals surface area contributed by atoms with Gasteiger partial charge in [0.05, 0.1) is 0 Å². The predicted molar refractivity (Wildman–Crippen MR) is 63.9 cm³/mol. The molecule has 1 nitrogen and oxygen atoms in total. The molecular weight excluding hydrogens is 273 g/mol. The Hall–Kier alpha value is -0.0900. The van der Waals surface area contributed by atoms with Crippen molar-refractivity contribution in [3.05, 3.63) is 33.4 Å². The Morgan fingerprint density at radius 1 is 1.54 bits per heavy atom. The first-order valence-electron chi connectivity index (χ1n) is 4.71. The highest BCUT2D eigenvalue weighted by atomic mass is 127. The van der Waals surface area contributed by atoms with Crippen LogP contribution in [0.3, 0.4) is 0 Å². The van der Waals surface area contributed by atoms with E-state index < -0.39 is 0 Å². The summed E-state index contributed by atoms with van der Waals surface area (Å²) in [6.07, 6.45) is 1.36. The monoisotopic (exact) mass is 287 g/mol. The Morgan fingerprint density at radius 2 is 2.38 bits per heavy atom. The summed E-state index contributed by atoms with van der Waals surface area (Å²) in [4.78, 5) is 0. The first-order valence-corrected chi connectivity index (χ1v) is 5.79. The Bertz CT molecular complexity index is 298. The van der Waals surface area contributed by atoms with Gasteiger partial charge in [-0.05, 0) is 72.1 Å². The third-order valence-electron chi connectivity index (χ3n) is 2.67. The molecule has 2 rings (SSSR count). The van der Waals surface area contributed by atoms with Crippen LogP contribution in [0, 0.1) is 9.49 Å². The fourth-order valence-electron chi connectivity index (χ4n) is 1.88. The van der Waals surface area contributed by atoms with Crippen molar-refractivity contribution in [1.82, 2.24) is 5.32 Å². The first kappa shape index (κ1) is 9.46. The van der Waals surface area contributed by atoms with Gasteiger partial charge in [0.15, 0.2) is 0 Å². The molecule has 0 saturated heterocycles. The van der Waals surface area contributed by atoms with Gasteiger partial charge in [-0.25, -0.2) is 0 Å². The minimum absolute atomic E-state index is 0.821. The van der Waals surface area contributed by atoms with Gasteiger partial charge in [-0.1, -0.05) is 12.1 Å². The summed E-state index contributed by atoms with van der Waals surface area (Å²) in [5, 5.41) is 3.24. The van der Waals surface area contributed by atoms with Gasteiger partial charge in [-0.2, -0.15) is 0 Å². The molecule has 2 heteroatoms. The van der Waals surface area contributed by atoms with Crippen LogP contribution in [-0.4, -0.2) is 13.6 Å². The zero-order chi connectivity index (χ0) is 9.26. The lowest BCUT2D eigenvalue weighted by atomic mass is 10.1. The lowest BCUT2D eigenvalue weighted by molar-refractivity contribution is 0.698. The molecule has 1 aliphatic rings.